The number of likely N-dealkylation sites (tertiary alicyclic amines) is 1. The van der Waals surface area contributed by atoms with E-state index in [1.807, 2.05) is 24.3 Å². The van der Waals surface area contributed by atoms with Crippen molar-refractivity contribution in [3.05, 3.63) is 179 Å². The van der Waals surface area contributed by atoms with Crippen molar-refractivity contribution < 1.29 is 24.5 Å². The van der Waals surface area contributed by atoms with Gasteiger partial charge in [0.2, 0.25) is 0 Å². The van der Waals surface area contributed by atoms with Crippen molar-refractivity contribution in [2.24, 2.45) is 0 Å². The number of ether oxygens (including phenoxy) is 2. The van der Waals surface area contributed by atoms with Crippen molar-refractivity contribution in [2.75, 3.05) is 53.5 Å². The first kappa shape index (κ1) is 46.6. The number of phenols is 2. The summed E-state index contributed by atoms with van der Waals surface area (Å²) in [5.41, 5.74) is 8.40. The molecule has 6 aromatic carbocycles. The zero-order valence-electron chi connectivity index (χ0n) is 36.3. The molecule has 0 spiro atoms. The molecule has 0 aliphatic carbocycles. The molecule has 2 heterocycles. The fourth-order valence-corrected chi connectivity index (χ4v) is 9.04. The highest BCUT2D eigenvalue weighted by molar-refractivity contribution is 7.22. The molecule has 9 heteroatoms. The van der Waals surface area contributed by atoms with Gasteiger partial charge in [0.15, 0.2) is 5.78 Å². The SMILES string of the molecule is CC/C(=C(\c1ccccc1)c1ccc(OCCN(C)C)cc1)c1ccccc1.Cl.O=C(c1ccc(OCCN2CCCCC2)cc1)c1c(-c2ccc(O)cc2)sc2cc(O)ccc12. The molecule has 2 N–H and O–H groups in total. The number of nitrogens with zero attached hydrogens (tertiary/aromatic N) is 2. The van der Waals surface area contributed by atoms with Gasteiger partial charge in [0, 0.05) is 39.2 Å². The number of ketones is 1. The van der Waals surface area contributed by atoms with E-state index in [4.69, 9.17) is 9.47 Å². The molecule has 0 radical (unpaired) electrons. The Bertz CT molecular complexity index is 2530. The third-order valence-corrected chi connectivity index (χ3v) is 12.3. The molecule has 0 bridgehead atoms. The lowest BCUT2D eigenvalue weighted by atomic mass is 9.88. The largest absolute Gasteiger partial charge is 0.508 e. The Morgan fingerprint density at radius 3 is 1.81 bits per heavy atom. The van der Waals surface area contributed by atoms with E-state index < -0.39 is 0 Å². The van der Waals surface area contributed by atoms with E-state index in [-0.39, 0.29) is 29.7 Å². The van der Waals surface area contributed by atoms with Gasteiger partial charge in [-0.1, -0.05) is 86.1 Å². The standard InChI is InChI=1S/C28H27NO4S.C26H29NO.ClH/c30-21-8-4-20(5-9-21)28-26(24-13-10-22(31)18-25(24)34-28)27(32)19-6-11-23(12-7-19)33-17-16-29-14-2-1-3-15-29;1-4-25(21-11-7-5-8-12-21)26(22-13-9-6-10-14-22)23-15-17-24(18-16-23)28-20-19-27(2)3;/h4-13,18,30-31H,1-3,14-17H2;5-18H,4,19-20H2,1-3H3;1H/b;26-25-;. The van der Waals surface area contributed by atoms with Gasteiger partial charge in [0.05, 0.1) is 0 Å². The number of aromatic hydroxyl groups is 2. The molecular weight excluding hydrogens is 824 g/mol. The van der Waals surface area contributed by atoms with Crippen molar-refractivity contribution in [1.29, 1.82) is 0 Å². The number of benzene rings is 6. The number of likely N-dealkylation sites (N-methyl/N-ethyl adjacent to an activating group) is 1. The molecule has 7 nitrogen and oxygen atoms in total. The van der Waals surface area contributed by atoms with E-state index in [2.05, 4.69) is 116 Å². The first-order chi connectivity index (χ1) is 30.3. The molecule has 7 aromatic rings. The predicted octanol–water partition coefficient (Wildman–Crippen LogP) is 12.5. The van der Waals surface area contributed by atoms with Crippen molar-refractivity contribution in [3.63, 3.8) is 0 Å². The lowest BCUT2D eigenvalue weighted by molar-refractivity contribution is 0.104. The molecular formula is C54H57ClN2O5S. The summed E-state index contributed by atoms with van der Waals surface area (Å²) in [6.07, 6.45) is 4.82. The molecule has 0 atom stereocenters. The molecule has 1 aliphatic heterocycles. The first-order valence-electron chi connectivity index (χ1n) is 21.5. The topological polar surface area (TPSA) is 82.5 Å². The lowest BCUT2D eigenvalue weighted by Crippen LogP contribution is -2.33. The van der Waals surface area contributed by atoms with Crippen LogP contribution in [0.2, 0.25) is 0 Å². The van der Waals surface area contributed by atoms with Gasteiger partial charge in [-0.05, 0) is 159 Å². The van der Waals surface area contributed by atoms with Crippen LogP contribution in [0.25, 0.3) is 31.7 Å². The third kappa shape index (κ3) is 12.4. The van der Waals surface area contributed by atoms with Crippen molar-refractivity contribution in [2.45, 2.75) is 32.6 Å². The molecule has 1 aromatic heterocycles. The maximum absolute atomic E-state index is 13.6. The summed E-state index contributed by atoms with van der Waals surface area (Å²) in [4.78, 5) is 19.0. The first-order valence-corrected chi connectivity index (χ1v) is 22.4. The average Bonchev–Trinajstić information content (AvgIpc) is 3.68. The van der Waals surface area contributed by atoms with Gasteiger partial charge < -0.3 is 24.6 Å². The van der Waals surface area contributed by atoms with Crippen molar-refractivity contribution in [3.8, 4) is 33.4 Å². The summed E-state index contributed by atoms with van der Waals surface area (Å²) in [5, 5.41) is 20.4. The Morgan fingerprint density at radius 1 is 0.651 bits per heavy atom. The summed E-state index contributed by atoms with van der Waals surface area (Å²) in [7, 11) is 4.11. The molecule has 0 amide bonds. The molecule has 326 valence electrons. The fourth-order valence-electron chi connectivity index (χ4n) is 7.80. The van der Waals surface area contributed by atoms with Crippen LogP contribution < -0.4 is 9.47 Å². The molecule has 1 fully saturated rings. The Balaban J connectivity index is 0.000000211. The Kier molecular flexibility index (Phi) is 17.0. The second-order valence-electron chi connectivity index (χ2n) is 15.8. The lowest BCUT2D eigenvalue weighted by Gasteiger charge is -2.26. The highest BCUT2D eigenvalue weighted by Crippen LogP contribution is 2.42. The van der Waals surface area contributed by atoms with Gasteiger partial charge in [0.25, 0.3) is 0 Å². The molecule has 8 rings (SSSR count). The number of allylic oxidation sites excluding steroid dienone is 1. The number of hydrogen-bond acceptors (Lipinski definition) is 8. The zero-order chi connectivity index (χ0) is 43.3. The molecule has 0 saturated carbocycles. The Morgan fingerprint density at radius 2 is 1.21 bits per heavy atom. The van der Waals surface area contributed by atoms with Gasteiger partial charge in [-0.2, -0.15) is 0 Å². The number of halogens is 1. The van der Waals surface area contributed by atoms with Crippen LogP contribution in [0, 0.1) is 0 Å². The summed E-state index contributed by atoms with van der Waals surface area (Å²) < 4.78 is 12.6. The van der Waals surface area contributed by atoms with E-state index >= 15 is 0 Å². The summed E-state index contributed by atoms with van der Waals surface area (Å²) >= 11 is 1.46. The van der Waals surface area contributed by atoms with E-state index in [0.29, 0.717) is 24.3 Å². The van der Waals surface area contributed by atoms with Crippen LogP contribution in [0.15, 0.2) is 152 Å². The predicted molar refractivity (Wildman–Crippen MR) is 263 cm³/mol. The highest BCUT2D eigenvalue weighted by Gasteiger charge is 2.22. The van der Waals surface area contributed by atoms with E-state index in [0.717, 1.165) is 64.6 Å². The van der Waals surface area contributed by atoms with Crippen LogP contribution in [0.1, 0.15) is 65.2 Å². The number of fused-ring (bicyclic) bond motifs is 1. The molecule has 1 aliphatic rings. The minimum absolute atomic E-state index is 0. The number of carbonyl (C=O) groups is 1. The molecule has 63 heavy (non-hydrogen) atoms. The number of piperidine rings is 1. The smallest absolute Gasteiger partial charge is 0.195 e. The zero-order valence-corrected chi connectivity index (χ0v) is 38.0. The van der Waals surface area contributed by atoms with Crippen LogP contribution in [-0.2, 0) is 0 Å². The van der Waals surface area contributed by atoms with Crippen LogP contribution >= 0.6 is 23.7 Å². The second kappa shape index (κ2) is 23.0. The van der Waals surface area contributed by atoms with E-state index in [1.54, 1.807) is 42.5 Å². The highest BCUT2D eigenvalue weighted by atomic mass is 35.5. The summed E-state index contributed by atoms with van der Waals surface area (Å²) in [6, 6.07) is 49.0. The summed E-state index contributed by atoms with van der Waals surface area (Å²) in [6.45, 7) is 7.67. The molecule has 0 unspecified atom stereocenters. The number of hydrogen-bond donors (Lipinski definition) is 2. The minimum Gasteiger partial charge on any atom is -0.508 e. The van der Waals surface area contributed by atoms with Crippen LogP contribution in [0.4, 0.5) is 0 Å². The average molecular weight is 882 g/mol. The monoisotopic (exact) mass is 880 g/mol. The van der Waals surface area contributed by atoms with Gasteiger partial charge in [-0.25, -0.2) is 0 Å². The Hall–Kier alpha value is -5.90. The molecule has 1 saturated heterocycles. The van der Waals surface area contributed by atoms with E-state index in [1.165, 1.54) is 58.4 Å². The quantitative estimate of drug-likeness (QED) is 0.0784. The van der Waals surface area contributed by atoms with E-state index in [9.17, 15) is 15.0 Å². The number of carbonyl (C=O) groups excluding carboxylic acids is 1. The van der Waals surface area contributed by atoms with Gasteiger partial charge in [-0.3, -0.25) is 9.69 Å². The van der Waals surface area contributed by atoms with Crippen LogP contribution in [-0.4, -0.2) is 79.3 Å². The van der Waals surface area contributed by atoms with Crippen LogP contribution in [0.3, 0.4) is 0 Å². The van der Waals surface area contributed by atoms with Crippen molar-refractivity contribution >= 4 is 50.8 Å². The summed E-state index contributed by atoms with van der Waals surface area (Å²) in [5.74, 6) is 1.92. The van der Waals surface area contributed by atoms with Gasteiger partial charge in [0.1, 0.15) is 36.2 Å². The number of rotatable bonds is 15. The normalized spacial score (nSPS) is 13.1. The fraction of sp³-hybridized carbons (Fsp3) is 0.241. The minimum atomic E-state index is -0.0834. The maximum Gasteiger partial charge on any atom is 0.195 e. The second-order valence-corrected chi connectivity index (χ2v) is 16.8. The van der Waals surface area contributed by atoms with Gasteiger partial charge in [-0.15, -0.1) is 23.7 Å². The third-order valence-electron chi connectivity index (χ3n) is 11.1. The van der Waals surface area contributed by atoms with Crippen molar-refractivity contribution in [1.82, 2.24) is 9.80 Å². The number of phenolic OH excluding ortho intramolecular Hbond substituents is 2. The Labute approximate surface area is 382 Å². The van der Waals surface area contributed by atoms with Gasteiger partial charge >= 0.3 is 0 Å². The maximum atomic E-state index is 13.6. The number of thiophene rings is 1. The van der Waals surface area contributed by atoms with Crippen LogP contribution in [0.5, 0.6) is 23.0 Å².